The van der Waals surface area contributed by atoms with Crippen LogP contribution in [0.5, 0.6) is 0 Å². The number of nitrogen functional groups attached to an aromatic ring is 1. The zero-order valence-electron chi connectivity index (χ0n) is 7.21. The van der Waals surface area contributed by atoms with Crippen molar-refractivity contribution in [3.63, 3.8) is 0 Å². The van der Waals surface area contributed by atoms with E-state index < -0.39 is 0 Å². The fourth-order valence-electron chi connectivity index (χ4n) is 0.877. The predicted octanol–water partition coefficient (Wildman–Crippen LogP) is 0.0539. The van der Waals surface area contributed by atoms with Crippen molar-refractivity contribution in [2.24, 2.45) is 0 Å². The first-order valence-corrected chi connectivity index (χ1v) is 3.93. The second-order valence-electron chi connectivity index (χ2n) is 2.54. The zero-order chi connectivity index (χ0) is 9.80. The number of rotatable bonds is 3. The molecule has 2 aromatic rings. The van der Waals surface area contributed by atoms with Gasteiger partial charge in [-0.05, 0) is 12.1 Å². The summed E-state index contributed by atoms with van der Waals surface area (Å²) >= 11 is 0. The lowest BCUT2D eigenvalue weighted by Crippen LogP contribution is -2.04. The lowest BCUT2D eigenvalue weighted by Gasteiger charge is -2.00. The van der Waals surface area contributed by atoms with Crippen LogP contribution < -0.4 is 11.1 Å². The molecule has 7 heteroatoms. The summed E-state index contributed by atoms with van der Waals surface area (Å²) < 4.78 is 4.56. The Labute approximate surface area is 79.3 Å². The molecule has 2 rings (SSSR count). The molecule has 0 aliphatic rings. The summed E-state index contributed by atoms with van der Waals surface area (Å²) in [5.74, 6) is 1.56. The minimum absolute atomic E-state index is 0.384. The Hall–Kier alpha value is -2.18. The standard InChI is InChI=1S/C7H8N6O/c8-5-1-2-6(12-11-5)9-3-7-10-4-14-13-7/h1-2,4H,3H2,(H2,8,11)(H,9,12). The van der Waals surface area contributed by atoms with Gasteiger partial charge in [0.15, 0.2) is 5.82 Å². The van der Waals surface area contributed by atoms with Crippen LogP contribution in [0.3, 0.4) is 0 Å². The number of hydrogen-bond acceptors (Lipinski definition) is 7. The first-order chi connectivity index (χ1) is 6.84. The lowest BCUT2D eigenvalue weighted by atomic mass is 10.5. The van der Waals surface area contributed by atoms with Gasteiger partial charge in [-0.2, -0.15) is 4.98 Å². The van der Waals surface area contributed by atoms with Crippen molar-refractivity contribution >= 4 is 11.6 Å². The van der Waals surface area contributed by atoms with Crippen molar-refractivity contribution in [3.8, 4) is 0 Å². The lowest BCUT2D eigenvalue weighted by molar-refractivity contribution is 0.411. The number of nitrogens with two attached hydrogens (primary N) is 1. The molecule has 0 spiro atoms. The van der Waals surface area contributed by atoms with E-state index >= 15 is 0 Å². The first kappa shape index (κ1) is 8.42. The summed E-state index contributed by atoms with van der Waals surface area (Å²) in [6.45, 7) is 0.440. The summed E-state index contributed by atoms with van der Waals surface area (Å²) in [5, 5.41) is 14.1. The fourth-order valence-corrected chi connectivity index (χ4v) is 0.877. The van der Waals surface area contributed by atoms with E-state index in [0.29, 0.717) is 24.0 Å². The molecule has 2 heterocycles. The molecule has 0 aliphatic heterocycles. The zero-order valence-corrected chi connectivity index (χ0v) is 7.21. The SMILES string of the molecule is Nc1ccc(NCc2ncon2)nn1. The van der Waals surface area contributed by atoms with Gasteiger partial charge in [-0.15, -0.1) is 10.2 Å². The summed E-state index contributed by atoms with van der Waals surface area (Å²) in [7, 11) is 0. The molecular weight excluding hydrogens is 184 g/mol. The van der Waals surface area contributed by atoms with E-state index in [1.807, 2.05) is 0 Å². The Kier molecular flexibility index (Phi) is 2.22. The van der Waals surface area contributed by atoms with Crippen molar-refractivity contribution in [2.75, 3.05) is 11.1 Å². The molecule has 0 atom stereocenters. The summed E-state index contributed by atoms with van der Waals surface area (Å²) in [5.41, 5.74) is 5.38. The summed E-state index contributed by atoms with van der Waals surface area (Å²) in [6.07, 6.45) is 1.27. The van der Waals surface area contributed by atoms with E-state index in [4.69, 9.17) is 5.73 Å². The van der Waals surface area contributed by atoms with Crippen LogP contribution in [-0.2, 0) is 6.54 Å². The van der Waals surface area contributed by atoms with Gasteiger partial charge in [-0.25, -0.2) is 0 Å². The molecule has 7 nitrogen and oxygen atoms in total. The second-order valence-corrected chi connectivity index (χ2v) is 2.54. The van der Waals surface area contributed by atoms with E-state index in [2.05, 4.69) is 30.2 Å². The van der Waals surface area contributed by atoms with Gasteiger partial charge in [-0.1, -0.05) is 5.16 Å². The molecule has 0 aliphatic carbocycles. The van der Waals surface area contributed by atoms with Crippen LogP contribution >= 0.6 is 0 Å². The van der Waals surface area contributed by atoms with Crippen molar-refractivity contribution in [1.29, 1.82) is 0 Å². The fraction of sp³-hybridized carbons (Fsp3) is 0.143. The first-order valence-electron chi connectivity index (χ1n) is 3.93. The molecule has 0 fully saturated rings. The topological polar surface area (TPSA) is 103 Å². The third-order valence-corrected chi connectivity index (χ3v) is 1.52. The van der Waals surface area contributed by atoms with Gasteiger partial charge in [-0.3, -0.25) is 0 Å². The molecule has 0 unspecified atom stereocenters. The minimum Gasteiger partial charge on any atom is -0.382 e. The van der Waals surface area contributed by atoms with E-state index in [9.17, 15) is 0 Å². The number of anilines is 2. The molecule has 2 aromatic heterocycles. The molecule has 0 amide bonds. The van der Waals surface area contributed by atoms with Gasteiger partial charge in [0, 0.05) is 0 Å². The van der Waals surface area contributed by atoms with Crippen LogP contribution in [0, 0.1) is 0 Å². The number of aromatic nitrogens is 4. The Bertz CT molecular complexity index is 383. The number of nitrogens with one attached hydrogen (secondary N) is 1. The molecule has 0 bridgehead atoms. The maximum atomic E-state index is 5.38. The highest BCUT2D eigenvalue weighted by molar-refractivity contribution is 5.38. The molecule has 14 heavy (non-hydrogen) atoms. The van der Waals surface area contributed by atoms with Gasteiger partial charge in [0.1, 0.15) is 11.6 Å². The molecule has 0 radical (unpaired) electrons. The largest absolute Gasteiger partial charge is 0.382 e. The monoisotopic (exact) mass is 192 g/mol. The van der Waals surface area contributed by atoms with Gasteiger partial charge < -0.3 is 15.6 Å². The Balaban J connectivity index is 1.95. The summed E-state index contributed by atoms with van der Waals surface area (Å²) in [6, 6.07) is 3.38. The average molecular weight is 192 g/mol. The van der Waals surface area contributed by atoms with Crippen LogP contribution in [0.25, 0.3) is 0 Å². The quantitative estimate of drug-likeness (QED) is 0.708. The molecular formula is C7H8N6O. The number of hydrogen-bond donors (Lipinski definition) is 2. The van der Waals surface area contributed by atoms with Crippen LogP contribution in [0.4, 0.5) is 11.6 Å². The van der Waals surface area contributed by atoms with Crippen LogP contribution in [0.1, 0.15) is 5.82 Å². The van der Waals surface area contributed by atoms with Gasteiger partial charge in [0.2, 0.25) is 6.39 Å². The van der Waals surface area contributed by atoms with E-state index in [1.165, 1.54) is 6.39 Å². The molecule has 3 N–H and O–H groups in total. The summed E-state index contributed by atoms with van der Waals surface area (Å²) in [4.78, 5) is 3.84. The van der Waals surface area contributed by atoms with Crippen LogP contribution in [0.15, 0.2) is 23.0 Å². The smallest absolute Gasteiger partial charge is 0.213 e. The van der Waals surface area contributed by atoms with Crippen LogP contribution in [0.2, 0.25) is 0 Å². The van der Waals surface area contributed by atoms with Gasteiger partial charge >= 0.3 is 0 Å². The normalized spacial score (nSPS) is 10.0. The third kappa shape index (κ3) is 1.94. The Morgan fingerprint density at radius 1 is 1.36 bits per heavy atom. The average Bonchev–Trinajstić information content (AvgIpc) is 2.70. The highest BCUT2D eigenvalue weighted by atomic mass is 16.5. The third-order valence-electron chi connectivity index (χ3n) is 1.52. The maximum absolute atomic E-state index is 5.38. The van der Waals surface area contributed by atoms with E-state index in [1.54, 1.807) is 12.1 Å². The Morgan fingerprint density at radius 2 is 2.29 bits per heavy atom. The van der Waals surface area contributed by atoms with Crippen molar-refractivity contribution in [3.05, 3.63) is 24.4 Å². The maximum Gasteiger partial charge on any atom is 0.213 e. The van der Waals surface area contributed by atoms with Crippen LogP contribution in [-0.4, -0.2) is 20.3 Å². The second kappa shape index (κ2) is 3.69. The molecule has 0 saturated carbocycles. The van der Waals surface area contributed by atoms with Crippen molar-refractivity contribution < 1.29 is 4.52 Å². The molecule has 72 valence electrons. The van der Waals surface area contributed by atoms with E-state index in [-0.39, 0.29) is 0 Å². The highest BCUT2D eigenvalue weighted by Crippen LogP contribution is 2.03. The van der Waals surface area contributed by atoms with Crippen molar-refractivity contribution in [2.45, 2.75) is 6.54 Å². The van der Waals surface area contributed by atoms with E-state index in [0.717, 1.165) is 0 Å². The number of nitrogens with zero attached hydrogens (tertiary/aromatic N) is 4. The molecule has 0 saturated heterocycles. The van der Waals surface area contributed by atoms with Gasteiger partial charge in [0.25, 0.3) is 0 Å². The van der Waals surface area contributed by atoms with Crippen molar-refractivity contribution in [1.82, 2.24) is 20.3 Å². The molecule has 0 aromatic carbocycles. The van der Waals surface area contributed by atoms with Gasteiger partial charge in [0.05, 0.1) is 6.54 Å². The Morgan fingerprint density at radius 3 is 2.93 bits per heavy atom. The predicted molar refractivity (Wildman–Crippen MR) is 48.1 cm³/mol. The minimum atomic E-state index is 0.384. The highest BCUT2D eigenvalue weighted by Gasteiger charge is 1.98.